The second-order valence-electron chi connectivity index (χ2n) is 12.0. The van der Waals surface area contributed by atoms with E-state index in [1.54, 1.807) is 0 Å². The van der Waals surface area contributed by atoms with Crippen LogP contribution in [0.4, 0.5) is 5.69 Å². The second-order valence-corrected chi connectivity index (χ2v) is 17.6. The Kier molecular flexibility index (Phi) is 14.3. The molecule has 228 valence electrons. The smallest absolute Gasteiger partial charge is 0.229 e. The summed E-state index contributed by atoms with van der Waals surface area (Å²) in [4.78, 5) is 0. The van der Waals surface area contributed by atoms with Gasteiger partial charge in [0.1, 0.15) is 18.5 Å². The van der Waals surface area contributed by atoms with Crippen molar-refractivity contribution in [3.63, 3.8) is 0 Å². The molecule has 0 aliphatic rings. The van der Waals surface area contributed by atoms with E-state index in [2.05, 4.69) is 50.2 Å². The fourth-order valence-corrected chi connectivity index (χ4v) is 5.76. The first-order valence-corrected chi connectivity index (χ1v) is 19.0. The molecular formula is C32H54N2O4S2. The first kappa shape index (κ1) is 34.5. The molecule has 2 aromatic rings. The summed E-state index contributed by atoms with van der Waals surface area (Å²) in [6.45, 7) is 10.8. The number of benzene rings is 2. The minimum absolute atomic E-state index is 0.00437. The number of hydrogen-bond acceptors (Lipinski definition) is 5. The van der Waals surface area contributed by atoms with E-state index in [0.717, 1.165) is 30.3 Å². The highest BCUT2D eigenvalue weighted by Gasteiger charge is 2.32. The lowest BCUT2D eigenvalue weighted by atomic mass is 10.1. The zero-order valence-corrected chi connectivity index (χ0v) is 27.6. The molecule has 6 nitrogen and oxygen atoms in total. The Hall–Kier alpha value is -1.74. The molecule has 1 unspecified atom stereocenters. The minimum Gasteiger partial charge on any atom is -0.487 e. The van der Waals surface area contributed by atoms with Crippen molar-refractivity contribution in [1.29, 1.82) is 0 Å². The third kappa shape index (κ3) is 12.8. The average molecular weight is 595 g/mol. The van der Waals surface area contributed by atoms with E-state index in [-0.39, 0.29) is 10.9 Å². The molecule has 0 aromatic heterocycles. The van der Waals surface area contributed by atoms with E-state index in [1.165, 1.54) is 44.9 Å². The van der Waals surface area contributed by atoms with Gasteiger partial charge >= 0.3 is 0 Å². The van der Waals surface area contributed by atoms with Crippen molar-refractivity contribution < 1.29 is 17.3 Å². The lowest BCUT2D eigenvalue weighted by Crippen LogP contribution is -2.31. The zero-order valence-electron chi connectivity index (χ0n) is 25.9. The van der Waals surface area contributed by atoms with E-state index >= 15 is 0 Å². The van der Waals surface area contributed by atoms with Crippen LogP contribution < -0.4 is 14.8 Å². The van der Waals surface area contributed by atoms with Crippen molar-refractivity contribution in [2.75, 3.05) is 36.6 Å². The van der Waals surface area contributed by atoms with Gasteiger partial charge in [0, 0.05) is 11.3 Å². The van der Waals surface area contributed by atoms with Gasteiger partial charge in [0.15, 0.2) is 0 Å². The first-order valence-electron chi connectivity index (χ1n) is 14.7. The van der Waals surface area contributed by atoms with Gasteiger partial charge in [-0.1, -0.05) is 109 Å². The van der Waals surface area contributed by atoms with Crippen LogP contribution in [0.5, 0.6) is 5.75 Å². The summed E-state index contributed by atoms with van der Waals surface area (Å²) in [5.74, 6) is 0.492. The van der Waals surface area contributed by atoms with Gasteiger partial charge in [-0.15, -0.1) is 10.3 Å². The summed E-state index contributed by atoms with van der Waals surface area (Å²) < 4.78 is 40.0. The Morgan fingerprint density at radius 3 is 2.08 bits per heavy atom. The molecule has 0 saturated carbocycles. The highest BCUT2D eigenvalue weighted by molar-refractivity contribution is 8.29. The fourth-order valence-electron chi connectivity index (χ4n) is 4.15. The van der Waals surface area contributed by atoms with Gasteiger partial charge in [-0.25, -0.2) is 8.42 Å². The summed E-state index contributed by atoms with van der Waals surface area (Å²) >= 11 is 0. The van der Waals surface area contributed by atoms with Crippen LogP contribution in [-0.2, 0) is 20.8 Å². The van der Waals surface area contributed by atoms with Gasteiger partial charge in [0.2, 0.25) is 10.0 Å². The lowest BCUT2D eigenvalue weighted by Gasteiger charge is -2.46. The van der Waals surface area contributed by atoms with Crippen LogP contribution in [-0.4, -0.2) is 45.0 Å². The highest BCUT2D eigenvalue weighted by Crippen LogP contribution is 2.56. The molecule has 0 amide bonds. The van der Waals surface area contributed by atoms with Gasteiger partial charge in [-0.05, 0) is 48.7 Å². The van der Waals surface area contributed by atoms with E-state index in [0.29, 0.717) is 24.6 Å². The molecule has 2 rings (SSSR count). The first-order chi connectivity index (χ1) is 18.8. The predicted octanol–water partition coefficient (Wildman–Crippen LogP) is 8.20. The monoisotopic (exact) mass is 594 g/mol. The molecule has 40 heavy (non-hydrogen) atoms. The minimum atomic E-state index is -3.50. The molecule has 8 heteroatoms. The van der Waals surface area contributed by atoms with E-state index in [4.69, 9.17) is 8.92 Å². The van der Waals surface area contributed by atoms with Gasteiger partial charge in [0.25, 0.3) is 0 Å². The summed E-state index contributed by atoms with van der Waals surface area (Å²) in [5.41, 5.74) is 2.36. The van der Waals surface area contributed by atoms with Crippen LogP contribution in [0.15, 0.2) is 48.5 Å². The standard InChI is InChI=1S/C32H54N2O4S2/c1-8-9-10-11-12-13-14-18-23-33-25-31(38-39(5,6)32(2,3)4)28-21-22-30(29(24-28)34-40(7,35)36)37-26-27-19-16-15-17-20-27/h15-17,19-22,24,31,33-34H,8-14,18,23,25-26H2,1-7H3. The van der Waals surface area contributed by atoms with Crippen molar-refractivity contribution in [2.24, 2.45) is 0 Å². The molecule has 2 N–H and O–H groups in total. The van der Waals surface area contributed by atoms with Crippen LogP contribution in [0, 0.1) is 0 Å². The number of unbranched alkanes of at least 4 members (excludes halogenated alkanes) is 7. The molecule has 0 aliphatic carbocycles. The van der Waals surface area contributed by atoms with Crippen molar-refractivity contribution in [1.82, 2.24) is 5.32 Å². The van der Waals surface area contributed by atoms with Crippen LogP contribution in [0.1, 0.15) is 96.3 Å². The van der Waals surface area contributed by atoms with E-state index in [9.17, 15) is 8.42 Å². The van der Waals surface area contributed by atoms with Gasteiger partial charge < -0.3 is 14.2 Å². The molecular weight excluding hydrogens is 540 g/mol. The van der Waals surface area contributed by atoms with Crippen LogP contribution >= 0.6 is 10.3 Å². The number of nitrogens with one attached hydrogen (secondary N) is 2. The molecule has 0 radical (unpaired) electrons. The number of sulfonamides is 1. The molecule has 0 fully saturated rings. The Labute approximate surface area is 246 Å². The summed E-state index contributed by atoms with van der Waals surface area (Å²) in [5, 5.41) is 3.62. The van der Waals surface area contributed by atoms with Crippen LogP contribution in [0.3, 0.4) is 0 Å². The maximum atomic E-state index is 12.2. The van der Waals surface area contributed by atoms with Crippen molar-refractivity contribution in [3.05, 3.63) is 59.7 Å². The molecule has 0 bridgehead atoms. The largest absolute Gasteiger partial charge is 0.487 e. The predicted molar refractivity (Wildman–Crippen MR) is 174 cm³/mol. The molecule has 0 heterocycles. The lowest BCUT2D eigenvalue weighted by molar-refractivity contribution is 0.225. The normalized spacial score (nSPS) is 13.7. The Bertz CT molecular complexity index is 1100. The number of anilines is 1. The number of rotatable bonds is 19. The van der Waals surface area contributed by atoms with Gasteiger partial charge in [-0.3, -0.25) is 4.72 Å². The van der Waals surface area contributed by atoms with E-state index in [1.807, 2.05) is 48.5 Å². The van der Waals surface area contributed by atoms with Crippen molar-refractivity contribution in [2.45, 2.75) is 96.5 Å². The maximum absolute atomic E-state index is 12.2. The highest BCUT2D eigenvalue weighted by atomic mass is 32.3. The number of ether oxygens (including phenoxy) is 1. The van der Waals surface area contributed by atoms with E-state index < -0.39 is 20.3 Å². The second kappa shape index (κ2) is 16.6. The molecule has 0 saturated heterocycles. The summed E-state index contributed by atoms with van der Waals surface area (Å²) in [6.07, 6.45) is 15.7. The number of hydrogen-bond donors (Lipinski definition) is 2. The molecule has 0 aliphatic heterocycles. The maximum Gasteiger partial charge on any atom is 0.229 e. The van der Waals surface area contributed by atoms with Crippen molar-refractivity contribution in [3.8, 4) is 5.75 Å². The molecule has 2 aromatic carbocycles. The van der Waals surface area contributed by atoms with Crippen LogP contribution in [0.25, 0.3) is 0 Å². The quantitative estimate of drug-likeness (QED) is 0.160. The molecule has 1 atom stereocenters. The SMILES string of the molecule is CCCCCCCCCCNCC(OS(C)(C)C(C)(C)C)c1ccc(OCc2ccccc2)c(NS(C)(=O)=O)c1. The Balaban J connectivity index is 2.15. The third-order valence-corrected chi connectivity index (χ3v) is 11.5. The van der Waals surface area contributed by atoms with Gasteiger partial charge in [0.05, 0.1) is 11.9 Å². The fraction of sp³-hybridized carbons (Fsp3) is 0.625. The van der Waals surface area contributed by atoms with Crippen LogP contribution in [0.2, 0.25) is 0 Å². The summed E-state index contributed by atoms with van der Waals surface area (Å²) in [6, 6.07) is 15.5. The third-order valence-electron chi connectivity index (χ3n) is 7.28. The topological polar surface area (TPSA) is 76.7 Å². The summed E-state index contributed by atoms with van der Waals surface area (Å²) in [7, 11) is -4.92. The Morgan fingerprint density at radius 2 is 1.48 bits per heavy atom. The molecule has 0 spiro atoms. The van der Waals surface area contributed by atoms with Gasteiger partial charge in [-0.2, -0.15) is 0 Å². The zero-order chi connectivity index (χ0) is 29.7. The average Bonchev–Trinajstić information content (AvgIpc) is 2.87. The Morgan fingerprint density at radius 1 is 0.850 bits per heavy atom. The van der Waals surface area contributed by atoms with Crippen molar-refractivity contribution >= 4 is 26.0 Å².